The smallest absolute Gasteiger partial charge is 0.220 e. The van der Waals surface area contributed by atoms with Crippen LogP contribution in [0.5, 0.6) is 5.75 Å². The molecule has 1 aromatic rings. The quantitative estimate of drug-likeness (QED) is 0.858. The molecule has 1 heterocycles. The van der Waals surface area contributed by atoms with Crippen LogP contribution >= 0.6 is 0 Å². The van der Waals surface area contributed by atoms with E-state index in [2.05, 4.69) is 5.32 Å². The molecule has 1 atom stereocenters. The molecule has 1 amide bonds. The van der Waals surface area contributed by atoms with Crippen molar-refractivity contribution >= 4 is 5.91 Å². The molecule has 0 bridgehead atoms. The zero-order chi connectivity index (χ0) is 12.3. The van der Waals surface area contributed by atoms with Gasteiger partial charge in [0, 0.05) is 6.42 Å². The lowest BCUT2D eigenvalue weighted by Gasteiger charge is -2.12. The molecule has 17 heavy (non-hydrogen) atoms. The number of nitrogens with zero attached hydrogens (tertiary/aromatic N) is 1. The average Bonchev–Trinajstić information content (AvgIpc) is 2.73. The number of hydrogen-bond acceptors (Lipinski definition) is 3. The predicted molar refractivity (Wildman–Crippen MR) is 57.8 cm³/mol. The Morgan fingerprint density at radius 2 is 2.41 bits per heavy atom. The summed E-state index contributed by atoms with van der Waals surface area (Å²) in [7, 11) is 0. The first-order chi connectivity index (χ1) is 8.19. The van der Waals surface area contributed by atoms with Crippen LogP contribution in [0, 0.1) is 17.1 Å². The number of rotatable bonds is 3. The maximum absolute atomic E-state index is 13.4. The van der Waals surface area contributed by atoms with Crippen molar-refractivity contribution in [3.8, 4) is 11.8 Å². The lowest BCUT2D eigenvalue weighted by molar-refractivity contribution is -0.119. The Bertz CT molecular complexity index is 482. The van der Waals surface area contributed by atoms with Crippen LogP contribution < -0.4 is 10.1 Å². The molecule has 1 saturated heterocycles. The third-order valence-corrected chi connectivity index (χ3v) is 2.59. The Balaban J connectivity index is 1.95. The zero-order valence-corrected chi connectivity index (χ0v) is 9.07. The van der Waals surface area contributed by atoms with E-state index < -0.39 is 5.82 Å². The van der Waals surface area contributed by atoms with Gasteiger partial charge < -0.3 is 10.1 Å². The van der Waals surface area contributed by atoms with E-state index in [0.717, 1.165) is 6.07 Å². The predicted octanol–water partition coefficient (Wildman–Crippen LogP) is 1.35. The number of amides is 1. The molecule has 1 fully saturated rings. The van der Waals surface area contributed by atoms with Crippen LogP contribution in [0.15, 0.2) is 18.2 Å². The first kappa shape index (κ1) is 11.4. The van der Waals surface area contributed by atoms with E-state index in [4.69, 9.17) is 10.00 Å². The Morgan fingerprint density at radius 1 is 1.59 bits per heavy atom. The Labute approximate surface area is 98.0 Å². The minimum Gasteiger partial charge on any atom is -0.488 e. The highest BCUT2D eigenvalue weighted by atomic mass is 19.1. The minimum atomic E-state index is -0.562. The third kappa shape index (κ3) is 2.72. The molecule has 0 aliphatic carbocycles. The maximum atomic E-state index is 13.4. The minimum absolute atomic E-state index is 0.00102. The number of nitrogens with one attached hydrogen (secondary N) is 1. The SMILES string of the molecule is N#Cc1ccc(OCC2CCC(=O)N2)c(F)c1. The molecule has 0 radical (unpaired) electrons. The molecule has 1 N–H and O–H groups in total. The number of benzene rings is 1. The van der Waals surface area contributed by atoms with E-state index in [1.807, 2.05) is 6.07 Å². The molecule has 2 rings (SSSR count). The van der Waals surface area contributed by atoms with Gasteiger partial charge in [-0.3, -0.25) is 4.79 Å². The molecule has 0 aromatic heterocycles. The van der Waals surface area contributed by atoms with Gasteiger partial charge in [0.2, 0.25) is 5.91 Å². The van der Waals surface area contributed by atoms with Crippen molar-refractivity contribution in [1.29, 1.82) is 5.26 Å². The maximum Gasteiger partial charge on any atom is 0.220 e. The van der Waals surface area contributed by atoms with E-state index in [-0.39, 0.29) is 29.9 Å². The van der Waals surface area contributed by atoms with E-state index in [1.165, 1.54) is 12.1 Å². The van der Waals surface area contributed by atoms with E-state index in [1.54, 1.807) is 0 Å². The summed E-state index contributed by atoms with van der Waals surface area (Å²) in [6.07, 6.45) is 1.20. The van der Waals surface area contributed by atoms with Crippen LogP contribution in [0.4, 0.5) is 4.39 Å². The van der Waals surface area contributed by atoms with Crippen molar-refractivity contribution < 1.29 is 13.9 Å². The summed E-state index contributed by atoms with van der Waals surface area (Å²) in [4.78, 5) is 10.9. The Hall–Kier alpha value is -2.09. The molecule has 5 heteroatoms. The number of halogens is 1. The number of nitriles is 1. The molecule has 0 spiro atoms. The van der Waals surface area contributed by atoms with Crippen LogP contribution in [0.2, 0.25) is 0 Å². The van der Waals surface area contributed by atoms with E-state index in [0.29, 0.717) is 12.8 Å². The molecule has 0 saturated carbocycles. The monoisotopic (exact) mass is 234 g/mol. The summed E-state index contributed by atoms with van der Waals surface area (Å²) >= 11 is 0. The summed E-state index contributed by atoms with van der Waals surface area (Å²) in [5.74, 6) is -0.461. The van der Waals surface area contributed by atoms with Crippen LogP contribution in [0.3, 0.4) is 0 Å². The summed E-state index contributed by atoms with van der Waals surface area (Å²) < 4.78 is 18.7. The van der Waals surface area contributed by atoms with Crippen molar-refractivity contribution in [3.05, 3.63) is 29.6 Å². The molecular weight excluding hydrogens is 223 g/mol. The lowest BCUT2D eigenvalue weighted by Crippen LogP contribution is -2.31. The fourth-order valence-corrected chi connectivity index (χ4v) is 1.68. The molecule has 1 unspecified atom stereocenters. The second-order valence-corrected chi connectivity index (χ2v) is 3.87. The van der Waals surface area contributed by atoms with Gasteiger partial charge in [0.05, 0.1) is 17.7 Å². The van der Waals surface area contributed by atoms with Gasteiger partial charge in [0.1, 0.15) is 6.61 Å². The van der Waals surface area contributed by atoms with E-state index in [9.17, 15) is 9.18 Å². The topological polar surface area (TPSA) is 62.1 Å². The molecule has 4 nitrogen and oxygen atoms in total. The normalized spacial score (nSPS) is 18.6. The summed E-state index contributed by atoms with van der Waals surface area (Å²) in [6, 6.07) is 5.83. The summed E-state index contributed by atoms with van der Waals surface area (Å²) in [5.41, 5.74) is 0.254. The number of carbonyl (C=O) groups is 1. The van der Waals surface area contributed by atoms with Gasteiger partial charge in [0.25, 0.3) is 0 Å². The molecule has 1 aromatic carbocycles. The highest BCUT2D eigenvalue weighted by molar-refractivity contribution is 5.78. The van der Waals surface area contributed by atoms with Gasteiger partial charge in [-0.05, 0) is 24.6 Å². The third-order valence-electron chi connectivity index (χ3n) is 2.59. The van der Waals surface area contributed by atoms with Gasteiger partial charge in [-0.2, -0.15) is 5.26 Å². The number of hydrogen-bond donors (Lipinski definition) is 1. The number of ether oxygens (including phenoxy) is 1. The largest absolute Gasteiger partial charge is 0.488 e. The highest BCUT2D eigenvalue weighted by Gasteiger charge is 2.21. The van der Waals surface area contributed by atoms with Crippen LogP contribution in [0.1, 0.15) is 18.4 Å². The van der Waals surface area contributed by atoms with Crippen LogP contribution in [0.25, 0.3) is 0 Å². The Morgan fingerprint density at radius 3 is 3.00 bits per heavy atom. The van der Waals surface area contributed by atoms with Crippen molar-refractivity contribution in [2.24, 2.45) is 0 Å². The van der Waals surface area contributed by atoms with Crippen molar-refractivity contribution in [2.75, 3.05) is 6.61 Å². The first-order valence-corrected chi connectivity index (χ1v) is 5.31. The number of carbonyl (C=O) groups excluding carboxylic acids is 1. The van der Waals surface area contributed by atoms with Gasteiger partial charge in [-0.1, -0.05) is 0 Å². The fraction of sp³-hybridized carbons (Fsp3) is 0.333. The van der Waals surface area contributed by atoms with Crippen molar-refractivity contribution in [1.82, 2.24) is 5.32 Å². The average molecular weight is 234 g/mol. The van der Waals surface area contributed by atoms with Gasteiger partial charge in [0.15, 0.2) is 11.6 Å². The molecular formula is C12H11FN2O2. The molecule has 88 valence electrons. The molecule has 1 aliphatic rings. The summed E-state index contributed by atoms with van der Waals surface area (Å²) in [5, 5.41) is 11.3. The van der Waals surface area contributed by atoms with Gasteiger partial charge >= 0.3 is 0 Å². The second-order valence-electron chi connectivity index (χ2n) is 3.87. The van der Waals surface area contributed by atoms with Gasteiger partial charge in [-0.25, -0.2) is 4.39 Å². The van der Waals surface area contributed by atoms with Crippen LogP contribution in [-0.4, -0.2) is 18.6 Å². The summed E-state index contributed by atoms with van der Waals surface area (Å²) in [6.45, 7) is 0.245. The highest BCUT2D eigenvalue weighted by Crippen LogP contribution is 2.19. The van der Waals surface area contributed by atoms with Crippen LogP contribution in [-0.2, 0) is 4.79 Å². The van der Waals surface area contributed by atoms with E-state index >= 15 is 0 Å². The second kappa shape index (κ2) is 4.83. The fourth-order valence-electron chi connectivity index (χ4n) is 1.68. The standard InChI is InChI=1S/C12H11FN2O2/c13-10-5-8(6-14)1-3-11(10)17-7-9-2-4-12(16)15-9/h1,3,5,9H,2,4,7H2,(H,15,16). The lowest BCUT2D eigenvalue weighted by atomic mass is 10.2. The first-order valence-electron chi connectivity index (χ1n) is 5.31. The van der Waals surface area contributed by atoms with Gasteiger partial charge in [-0.15, -0.1) is 0 Å². The zero-order valence-electron chi connectivity index (χ0n) is 9.07. The Kier molecular flexibility index (Phi) is 3.24. The molecule has 1 aliphatic heterocycles. The van der Waals surface area contributed by atoms with Crippen molar-refractivity contribution in [2.45, 2.75) is 18.9 Å². The van der Waals surface area contributed by atoms with Crippen molar-refractivity contribution in [3.63, 3.8) is 0 Å².